The van der Waals surface area contributed by atoms with Crippen LogP contribution in [0.3, 0.4) is 0 Å². The number of hydrogen-bond acceptors (Lipinski definition) is 4. The number of Topliss-reactive ketones (excluding diaryl/α,β-unsaturated/α-hetero) is 1. The van der Waals surface area contributed by atoms with E-state index in [1.807, 2.05) is 19.1 Å². The molecule has 0 aliphatic heterocycles. The van der Waals surface area contributed by atoms with Crippen LogP contribution < -0.4 is 14.8 Å². The van der Waals surface area contributed by atoms with Gasteiger partial charge in [-0.2, -0.15) is 0 Å². The Balaban J connectivity index is 1.74. The van der Waals surface area contributed by atoms with Gasteiger partial charge >= 0.3 is 0 Å². The molecule has 0 spiro atoms. The highest BCUT2D eigenvalue weighted by atomic mass is 16.5. The zero-order valence-electron chi connectivity index (χ0n) is 14.6. The van der Waals surface area contributed by atoms with Crippen molar-refractivity contribution in [3.63, 3.8) is 0 Å². The number of carbonyl (C=O) groups is 2. The first kappa shape index (κ1) is 18.5. The number of rotatable bonds is 9. The van der Waals surface area contributed by atoms with Gasteiger partial charge in [0.2, 0.25) is 5.91 Å². The van der Waals surface area contributed by atoms with Crippen LogP contribution in [0.2, 0.25) is 0 Å². The molecule has 1 amide bonds. The smallest absolute Gasteiger partial charge is 0.224 e. The summed E-state index contributed by atoms with van der Waals surface area (Å²) in [6, 6.07) is 14.2. The summed E-state index contributed by atoms with van der Waals surface area (Å²) in [7, 11) is 1.58. The van der Waals surface area contributed by atoms with Crippen LogP contribution >= 0.6 is 0 Å². The minimum atomic E-state index is -0.105. The minimum absolute atomic E-state index is 0.0246. The third-order valence-electron chi connectivity index (χ3n) is 3.67. The van der Waals surface area contributed by atoms with Crippen LogP contribution in [-0.4, -0.2) is 25.4 Å². The highest BCUT2D eigenvalue weighted by Gasteiger charge is 2.08. The van der Waals surface area contributed by atoms with E-state index in [0.29, 0.717) is 37.2 Å². The Morgan fingerprint density at radius 2 is 1.56 bits per heavy atom. The lowest BCUT2D eigenvalue weighted by Crippen LogP contribution is -2.12. The summed E-state index contributed by atoms with van der Waals surface area (Å²) in [5.74, 6) is 1.40. The van der Waals surface area contributed by atoms with Crippen LogP contribution in [0.15, 0.2) is 48.5 Å². The van der Waals surface area contributed by atoms with Gasteiger partial charge in [0.25, 0.3) is 0 Å². The maximum absolute atomic E-state index is 12.1. The van der Waals surface area contributed by atoms with E-state index in [1.54, 1.807) is 43.5 Å². The molecule has 0 aliphatic carbocycles. The molecule has 0 aliphatic rings. The monoisotopic (exact) mass is 341 g/mol. The van der Waals surface area contributed by atoms with Crippen molar-refractivity contribution in [1.29, 1.82) is 0 Å². The molecule has 132 valence electrons. The molecule has 0 saturated carbocycles. The van der Waals surface area contributed by atoms with Crippen LogP contribution in [0.25, 0.3) is 0 Å². The fourth-order valence-electron chi connectivity index (χ4n) is 2.36. The van der Waals surface area contributed by atoms with Gasteiger partial charge in [-0.05, 0) is 61.9 Å². The van der Waals surface area contributed by atoms with Gasteiger partial charge in [0, 0.05) is 24.1 Å². The van der Waals surface area contributed by atoms with E-state index in [1.165, 1.54) is 0 Å². The molecule has 5 nitrogen and oxygen atoms in total. The molecule has 0 heterocycles. The molecule has 0 unspecified atom stereocenters. The summed E-state index contributed by atoms with van der Waals surface area (Å²) < 4.78 is 10.4. The fraction of sp³-hybridized carbons (Fsp3) is 0.300. The van der Waals surface area contributed by atoms with Gasteiger partial charge in [-0.3, -0.25) is 9.59 Å². The number of carbonyl (C=O) groups excluding carboxylic acids is 2. The van der Waals surface area contributed by atoms with E-state index >= 15 is 0 Å². The number of nitrogens with one attached hydrogen (secondary N) is 1. The zero-order valence-corrected chi connectivity index (χ0v) is 14.6. The summed E-state index contributed by atoms with van der Waals surface area (Å²) in [5, 5.41) is 2.82. The lowest BCUT2D eigenvalue weighted by Gasteiger charge is -2.07. The second-order valence-corrected chi connectivity index (χ2v) is 5.51. The first-order chi connectivity index (χ1) is 12.1. The normalized spacial score (nSPS) is 10.2. The van der Waals surface area contributed by atoms with Crippen molar-refractivity contribution in [1.82, 2.24) is 0 Å². The molecule has 0 atom stereocenters. The molecule has 0 aromatic heterocycles. The van der Waals surface area contributed by atoms with Crippen molar-refractivity contribution >= 4 is 17.4 Å². The average molecular weight is 341 g/mol. The van der Waals surface area contributed by atoms with Crippen LogP contribution in [0.1, 0.15) is 36.5 Å². The molecular weight excluding hydrogens is 318 g/mol. The first-order valence-corrected chi connectivity index (χ1v) is 8.32. The number of ketones is 1. The number of ether oxygens (including phenoxy) is 2. The molecule has 0 bridgehead atoms. The Morgan fingerprint density at radius 3 is 2.16 bits per heavy atom. The number of anilines is 1. The van der Waals surface area contributed by atoms with Gasteiger partial charge in [0.05, 0.1) is 13.7 Å². The van der Waals surface area contributed by atoms with Crippen molar-refractivity contribution in [2.24, 2.45) is 0 Å². The predicted octanol–water partition coefficient (Wildman–Crippen LogP) is 4.09. The van der Waals surface area contributed by atoms with Gasteiger partial charge in [0.1, 0.15) is 11.5 Å². The number of amides is 1. The molecular formula is C20H23NO4. The summed E-state index contributed by atoms with van der Waals surface area (Å²) in [4.78, 5) is 24.1. The van der Waals surface area contributed by atoms with Gasteiger partial charge in [-0.1, -0.05) is 0 Å². The summed E-state index contributed by atoms with van der Waals surface area (Å²) in [6.07, 6.45) is 1.14. The third-order valence-corrected chi connectivity index (χ3v) is 3.67. The minimum Gasteiger partial charge on any atom is -0.497 e. The average Bonchev–Trinajstić information content (AvgIpc) is 2.63. The van der Waals surface area contributed by atoms with Crippen LogP contribution in [0.4, 0.5) is 5.69 Å². The van der Waals surface area contributed by atoms with E-state index < -0.39 is 0 Å². The Labute approximate surface area is 148 Å². The molecule has 25 heavy (non-hydrogen) atoms. The summed E-state index contributed by atoms with van der Waals surface area (Å²) >= 11 is 0. The second-order valence-electron chi connectivity index (χ2n) is 5.51. The fourth-order valence-corrected chi connectivity index (χ4v) is 2.36. The topological polar surface area (TPSA) is 64.6 Å². The Morgan fingerprint density at radius 1 is 0.920 bits per heavy atom. The van der Waals surface area contributed by atoms with Crippen LogP contribution in [0, 0.1) is 0 Å². The van der Waals surface area contributed by atoms with E-state index in [2.05, 4.69) is 5.32 Å². The van der Waals surface area contributed by atoms with Crippen molar-refractivity contribution in [2.45, 2.75) is 26.2 Å². The van der Waals surface area contributed by atoms with Gasteiger partial charge in [-0.25, -0.2) is 0 Å². The lowest BCUT2D eigenvalue weighted by atomic mass is 10.1. The first-order valence-electron chi connectivity index (χ1n) is 8.32. The Bertz CT molecular complexity index is 693. The van der Waals surface area contributed by atoms with Crippen LogP contribution in [-0.2, 0) is 4.79 Å². The van der Waals surface area contributed by atoms with E-state index in [9.17, 15) is 9.59 Å². The van der Waals surface area contributed by atoms with Crippen molar-refractivity contribution in [3.05, 3.63) is 54.1 Å². The largest absolute Gasteiger partial charge is 0.497 e. The van der Waals surface area contributed by atoms with Gasteiger partial charge in [-0.15, -0.1) is 0 Å². The molecule has 2 rings (SSSR count). The molecule has 1 N–H and O–H groups in total. The summed E-state index contributed by atoms with van der Waals surface area (Å²) in [5.41, 5.74) is 1.35. The zero-order chi connectivity index (χ0) is 18.1. The molecule has 0 radical (unpaired) electrons. The highest BCUT2D eigenvalue weighted by Crippen LogP contribution is 2.17. The maximum Gasteiger partial charge on any atom is 0.224 e. The van der Waals surface area contributed by atoms with Crippen molar-refractivity contribution in [3.8, 4) is 11.5 Å². The second kappa shape index (κ2) is 9.47. The SMILES string of the molecule is CCOc1ccc(NC(=O)CCCC(=O)c2ccc(OC)cc2)cc1. The lowest BCUT2D eigenvalue weighted by molar-refractivity contribution is -0.116. The maximum atomic E-state index is 12.1. The number of benzene rings is 2. The molecule has 5 heteroatoms. The van der Waals surface area contributed by atoms with E-state index in [0.717, 1.165) is 11.4 Å². The molecule has 2 aromatic carbocycles. The number of hydrogen-bond donors (Lipinski definition) is 1. The third kappa shape index (κ3) is 5.95. The Kier molecular flexibility index (Phi) is 7.01. The summed E-state index contributed by atoms with van der Waals surface area (Å²) in [6.45, 7) is 2.52. The molecule has 0 fully saturated rings. The van der Waals surface area contributed by atoms with E-state index in [-0.39, 0.29) is 11.7 Å². The highest BCUT2D eigenvalue weighted by molar-refractivity contribution is 5.96. The van der Waals surface area contributed by atoms with Crippen molar-refractivity contribution in [2.75, 3.05) is 19.0 Å². The quantitative estimate of drug-likeness (QED) is 0.698. The standard InChI is InChI=1S/C20H23NO4/c1-3-25-18-13-9-16(10-14-18)21-20(23)6-4-5-19(22)15-7-11-17(24-2)12-8-15/h7-14H,3-6H2,1-2H3,(H,21,23). The predicted molar refractivity (Wildman–Crippen MR) is 97.4 cm³/mol. The van der Waals surface area contributed by atoms with Crippen LogP contribution in [0.5, 0.6) is 11.5 Å². The van der Waals surface area contributed by atoms with E-state index in [4.69, 9.17) is 9.47 Å². The van der Waals surface area contributed by atoms with Crippen molar-refractivity contribution < 1.29 is 19.1 Å². The van der Waals surface area contributed by atoms with Gasteiger partial charge in [0.15, 0.2) is 5.78 Å². The number of methoxy groups -OCH3 is 1. The molecule has 0 saturated heterocycles. The van der Waals surface area contributed by atoms with Gasteiger partial charge < -0.3 is 14.8 Å². The molecule has 2 aromatic rings. The Hall–Kier alpha value is -2.82.